The summed E-state index contributed by atoms with van der Waals surface area (Å²) in [6.45, 7) is 6.11. The number of anilines is 1. The van der Waals surface area contributed by atoms with Crippen LogP contribution in [0.15, 0.2) is 22.7 Å². The van der Waals surface area contributed by atoms with Gasteiger partial charge in [-0.05, 0) is 46.5 Å². The van der Waals surface area contributed by atoms with Gasteiger partial charge in [-0.1, -0.05) is 32.4 Å². The third kappa shape index (κ3) is 3.14. The molecule has 1 atom stereocenters. The van der Waals surface area contributed by atoms with Crippen LogP contribution >= 0.6 is 27.5 Å². The lowest BCUT2D eigenvalue weighted by Crippen LogP contribution is -2.41. The van der Waals surface area contributed by atoms with Gasteiger partial charge in [-0.15, -0.1) is 0 Å². The van der Waals surface area contributed by atoms with E-state index >= 15 is 0 Å². The molecule has 0 fully saturated rings. The fourth-order valence-electron chi connectivity index (χ4n) is 1.71. The zero-order valence-electron chi connectivity index (χ0n) is 10.2. The van der Waals surface area contributed by atoms with Crippen molar-refractivity contribution < 1.29 is 0 Å². The molecule has 1 unspecified atom stereocenters. The van der Waals surface area contributed by atoms with Crippen LogP contribution in [0, 0.1) is 17.2 Å². The number of hydrogen-bond donors (Lipinski definition) is 1. The fraction of sp³-hybridized carbons (Fsp3) is 0.462. The molecular formula is C13H16BrClN2. The maximum Gasteiger partial charge on any atom is 0.127 e. The van der Waals surface area contributed by atoms with Crippen LogP contribution in [0.1, 0.15) is 27.2 Å². The summed E-state index contributed by atoms with van der Waals surface area (Å²) in [7, 11) is 0. The van der Waals surface area contributed by atoms with E-state index < -0.39 is 5.54 Å². The Balaban J connectivity index is 3.03. The minimum atomic E-state index is -0.534. The van der Waals surface area contributed by atoms with Gasteiger partial charge in [0, 0.05) is 10.2 Å². The molecule has 1 aromatic carbocycles. The van der Waals surface area contributed by atoms with E-state index in [-0.39, 0.29) is 5.92 Å². The molecule has 0 amide bonds. The summed E-state index contributed by atoms with van der Waals surface area (Å²) in [5, 5.41) is 13.4. The van der Waals surface area contributed by atoms with Gasteiger partial charge in [-0.25, -0.2) is 0 Å². The predicted molar refractivity (Wildman–Crippen MR) is 76.2 cm³/mol. The minimum Gasteiger partial charge on any atom is -0.367 e. The molecule has 0 saturated carbocycles. The van der Waals surface area contributed by atoms with Crippen molar-refractivity contribution >= 4 is 33.2 Å². The lowest BCUT2D eigenvalue weighted by atomic mass is 9.85. The normalized spacial score (nSPS) is 14.2. The van der Waals surface area contributed by atoms with Crippen LogP contribution in [0.2, 0.25) is 5.02 Å². The van der Waals surface area contributed by atoms with Gasteiger partial charge in [0.1, 0.15) is 5.54 Å². The van der Waals surface area contributed by atoms with E-state index in [4.69, 9.17) is 11.6 Å². The zero-order valence-corrected chi connectivity index (χ0v) is 12.6. The highest BCUT2D eigenvalue weighted by atomic mass is 79.9. The second kappa shape index (κ2) is 5.75. The largest absolute Gasteiger partial charge is 0.367 e. The topological polar surface area (TPSA) is 35.8 Å². The van der Waals surface area contributed by atoms with Gasteiger partial charge in [0.15, 0.2) is 0 Å². The highest BCUT2D eigenvalue weighted by Crippen LogP contribution is 2.30. The first-order chi connectivity index (χ1) is 7.95. The van der Waals surface area contributed by atoms with Gasteiger partial charge in [0.25, 0.3) is 0 Å². The first-order valence-electron chi connectivity index (χ1n) is 5.59. The smallest absolute Gasteiger partial charge is 0.127 e. The maximum atomic E-state index is 9.38. The second-order valence-electron chi connectivity index (χ2n) is 4.35. The molecular weight excluding hydrogens is 300 g/mol. The summed E-state index contributed by atoms with van der Waals surface area (Å²) in [6.07, 6.45) is 0.751. The average Bonchev–Trinajstić information content (AvgIpc) is 2.30. The molecule has 0 radical (unpaired) electrons. The number of halogens is 2. The number of rotatable bonds is 4. The van der Waals surface area contributed by atoms with E-state index in [9.17, 15) is 5.26 Å². The Morgan fingerprint density at radius 3 is 2.59 bits per heavy atom. The van der Waals surface area contributed by atoms with Crippen molar-refractivity contribution in [1.29, 1.82) is 5.26 Å². The quantitative estimate of drug-likeness (QED) is 0.862. The highest BCUT2D eigenvalue weighted by molar-refractivity contribution is 9.10. The van der Waals surface area contributed by atoms with E-state index in [1.807, 2.05) is 39.0 Å². The van der Waals surface area contributed by atoms with Gasteiger partial charge in [0.2, 0.25) is 0 Å². The van der Waals surface area contributed by atoms with Crippen molar-refractivity contribution in [2.45, 2.75) is 32.7 Å². The van der Waals surface area contributed by atoms with E-state index in [2.05, 4.69) is 27.3 Å². The van der Waals surface area contributed by atoms with Crippen LogP contribution in [0.5, 0.6) is 0 Å². The van der Waals surface area contributed by atoms with Crippen LogP contribution in [-0.4, -0.2) is 5.54 Å². The summed E-state index contributed by atoms with van der Waals surface area (Å²) < 4.78 is 0.830. The molecule has 2 nitrogen and oxygen atoms in total. The van der Waals surface area contributed by atoms with E-state index in [1.54, 1.807) is 0 Å². The summed E-state index contributed by atoms with van der Waals surface area (Å²) >= 11 is 9.32. The summed E-state index contributed by atoms with van der Waals surface area (Å²) in [4.78, 5) is 0. The SMILES string of the molecule is CCC(C#N)(Nc1ccc(Cl)c(Br)c1)C(C)C. The van der Waals surface area contributed by atoms with E-state index in [0.717, 1.165) is 16.6 Å². The van der Waals surface area contributed by atoms with Crippen LogP contribution in [0.4, 0.5) is 5.69 Å². The summed E-state index contributed by atoms with van der Waals surface area (Å²) in [6, 6.07) is 7.98. The Hall–Kier alpha value is -0.720. The molecule has 1 N–H and O–H groups in total. The third-order valence-corrected chi connectivity index (χ3v) is 4.24. The van der Waals surface area contributed by atoms with Gasteiger partial charge < -0.3 is 5.32 Å². The lowest BCUT2D eigenvalue weighted by molar-refractivity contribution is 0.416. The Kier molecular flexibility index (Phi) is 4.85. The molecule has 0 aliphatic carbocycles. The predicted octanol–water partition coefficient (Wildman–Crippen LogP) is 4.84. The average molecular weight is 316 g/mol. The molecule has 0 bridgehead atoms. The molecule has 17 heavy (non-hydrogen) atoms. The lowest BCUT2D eigenvalue weighted by Gasteiger charge is -2.31. The number of nitrogens with one attached hydrogen (secondary N) is 1. The molecule has 0 aliphatic heterocycles. The minimum absolute atomic E-state index is 0.229. The third-order valence-electron chi connectivity index (χ3n) is 3.03. The van der Waals surface area contributed by atoms with Crippen LogP contribution in [0.25, 0.3) is 0 Å². The van der Waals surface area contributed by atoms with Crippen molar-refractivity contribution in [1.82, 2.24) is 0 Å². The standard InChI is InChI=1S/C13H16BrClN2/c1-4-13(8-16,9(2)3)17-10-5-6-12(15)11(14)7-10/h5-7,9,17H,4H2,1-3H3. The maximum absolute atomic E-state index is 9.38. The molecule has 1 rings (SSSR count). The van der Waals surface area contributed by atoms with Crippen LogP contribution in [0.3, 0.4) is 0 Å². The van der Waals surface area contributed by atoms with E-state index in [0.29, 0.717) is 5.02 Å². The first-order valence-corrected chi connectivity index (χ1v) is 6.76. The first kappa shape index (κ1) is 14.3. The van der Waals surface area contributed by atoms with Crippen molar-refractivity contribution in [2.24, 2.45) is 5.92 Å². The number of benzene rings is 1. The Bertz CT molecular complexity index is 440. The molecule has 0 spiro atoms. The Morgan fingerprint density at radius 1 is 1.53 bits per heavy atom. The van der Waals surface area contributed by atoms with Crippen LogP contribution in [-0.2, 0) is 0 Å². The number of nitrogens with zero attached hydrogens (tertiary/aromatic N) is 1. The van der Waals surface area contributed by atoms with Crippen molar-refractivity contribution in [3.63, 3.8) is 0 Å². The molecule has 0 saturated heterocycles. The molecule has 1 aromatic rings. The zero-order chi connectivity index (χ0) is 13.1. The van der Waals surface area contributed by atoms with Gasteiger partial charge in [-0.3, -0.25) is 0 Å². The molecule has 4 heteroatoms. The van der Waals surface area contributed by atoms with Crippen LogP contribution < -0.4 is 5.32 Å². The second-order valence-corrected chi connectivity index (χ2v) is 5.61. The van der Waals surface area contributed by atoms with Gasteiger partial charge in [-0.2, -0.15) is 5.26 Å². The summed E-state index contributed by atoms with van der Waals surface area (Å²) in [5.74, 6) is 0.229. The molecule has 0 heterocycles. The van der Waals surface area contributed by atoms with Crippen molar-refractivity contribution in [2.75, 3.05) is 5.32 Å². The molecule has 92 valence electrons. The van der Waals surface area contributed by atoms with Crippen molar-refractivity contribution in [3.05, 3.63) is 27.7 Å². The van der Waals surface area contributed by atoms with Gasteiger partial charge in [0.05, 0.1) is 11.1 Å². The monoisotopic (exact) mass is 314 g/mol. The number of nitriles is 1. The summed E-state index contributed by atoms with van der Waals surface area (Å²) in [5.41, 5.74) is 0.367. The van der Waals surface area contributed by atoms with Crippen molar-refractivity contribution in [3.8, 4) is 6.07 Å². The number of hydrogen-bond acceptors (Lipinski definition) is 2. The Morgan fingerprint density at radius 2 is 2.18 bits per heavy atom. The van der Waals surface area contributed by atoms with E-state index in [1.165, 1.54) is 0 Å². The highest BCUT2D eigenvalue weighted by Gasteiger charge is 2.31. The van der Waals surface area contributed by atoms with Gasteiger partial charge >= 0.3 is 0 Å². The molecule has 0 aliphatic rings. The Labute approximate surface area is 116 Å². The molecule has 0 aromatic heterocycles. The fourth-order valence-corrected chi connectivity index (χ4v) is 2.20.